The molecule has 5 N–H and O–H groups in total. The molecule has 30 heavy (non-hydrogen) atoms. The molecule has 0 bridgehead atoms. The fourth-order valence-corrected chi connectivity index (χ4v) is 2.84. The predicted molar refractivity (Wildman–Crippen MR) is 105 cm³/mol. The number of benzene rings is 1. The van der Waals surface area contributed by atoms with Crippen LogP contribution in [0.2, 0.25) is 0 Å². The fourth-order valence-electron chi connectivity index (χ4n) is 2.84. The van der Waals surface area contributed by atoms with Gasteiger partial charge >= 0.3 is 0 Å². The number of anilines is 1. The van der Waals surface area contributed by atoms with Gasteiger partial charge in [0.05, 0.1) is 24.6 Å². The van der Waals surface area contributed by atoms with Gasteiger partial charge in [-0.1, -0.05) is 11.3 Å². The van der Waals surface area contributed by atoms with Gasteiger partial charge in [0.25, 0.3) is 0 Å². The molecule has 0 aliphatic rings. The maximum atomic E-state index is 10.9. The fraction of sp³-hybridized carbons (Fsp3) is 0.222. The molecule has 0 radical (unpaired) electrons. The Morgan fingerprint density at radius 2 is 2.13 bits per heavy atom. The van der Waals surface area contributed by atoms with Crippen molar-refractivity contribution in [2.24, 2.45) is 5.73 Å². The average molecular weight is 409 g/mol. The summed E-state index contributed by atoms with van der Waals surface area (Å²) in [5, 5.41) is 7.78. The van der Waals surface area contributed by atoms with Crippen molar-refractivity contribution in [3.05, 3.63) is 47.5 Å². The summed E-state index contributed by atoms with van der Waals surface area (Å²) in [7, 11) is 0. The van der Waals surface area contributed by atoms with Crippen LogP contribution in [-0.2, 0) is 24.6 Å². The monoisotopic (exact) mass is 409 g/mol. The van der Waals surface area contributed by atoms with Crippen molar-refractivity contribution in [1.82, 2.24) is 34.9 Å². The molecule has 0 aliphatic heterocycles. The number of rotatable bonds is 8. The van der Waals surface area contributed by atoms with Gasteiger partial charge in [-0.2, -0.15) is 9.97 Å². The summed E-state index contributed by atoms with van der Waals surface area (Å²) < 4.78 is 13.1. The van der Waals surface area contributed by atoms with E-state index in [1.54, 1.807) is 6.20 Å². The highest BCUT2D eigenvalue weighted by atomic mass is 16.5. The number of fused-ring (bicyclic) bond motifs is 1. The molecule has 1 aromatic carbocycles. The van der Waals surface area contributed by atoms with E-state index >= 15 is 0 Å². The van der Waals surface area contributed by atoms with Gasteiger partial charge in [-0.3, -0.25) is 4.79 Å². The average Bonchev–Trinajstić information content (AvgIpc) is 3.34. The Balaban J connectivity index is 1.38. The molecule has 0 unspecified atom stereocenters. The molecular formula is C18H19N9O3. The van der Waals surface area contributed by atoms with E-state index in [1.807, 2.05) is 25.1 Å². The van der Waals surface area contributed by atoms with Crippen LogP contribution in [0.1, 0.15) is 16.8 Å². The second-order valence-electron chi connectivity index (χ2n) is 6.54. The molecule has 154 valence electrons. The number of nitrogen functional groups attached to an aromatic ring is 1. The minimum Gasteiger partial charge on any atom is -0.471 e. The number of amides is 1. The van der Waals surface area contributed by atoms with Crippen molar-refractivity contribution >= 4 is 23.0 Å². The second-order valence-corrected chi connectivity index (χ2v) is 6.54. The highest BCUT2D eigenvalue weighted by Crippen LogP contribution is 2.23. The first-order valence-corrected chi connectivity index (χ1v) is 8.97. The van der Waals surface area contributed by atoms with Crippen molar-refractivity contribution in [1.29, 1.82) is 0 Å². The zero-order chi connectivity index (χ0) is 21.1. The Labute approximate surface area is 170 Å². The Morgan fingerprint density at radius 1 is 1.27 bits per heavy atom. The van der Waals surface area contributed by atoms with Crippen LogP contribution in [0.15, 0.2) is 30.7 Å². The first-order chi connectivity index (χ1) is 14.5. The summed E-state index contributed by atoms with van der Waals surface area (Å²) >= 11 is 0. The van der Waals surface area contributed by atoms with Gasteiger partial charge in [-0.25, -0.2) is 9.67 Å². The molecule has 4 rings (SSSR count). The number of primary amides is 1. The minimum absolute atomic E-state index is 0.0383. The number of carbonyl (C=O) groups is 1. The number of ether oxygens (including phenoxy) is 2. The smallest absolute Gasteiger partial charge is 0.245 e. The topological polar surface area (TPSA) is 173 Å². The number of H-pyrrole nitrogens is 1. The number of carbonyl (C=O) groups excluding carboxylic acids is 1. The highest BCUT2D eigenvalue weighted by molar-refractivity contribution is 5.76. The third-order valence-corrected chi connectivity index (χ3v) is 4.18. The van der Waals surface area contributed by atoms with Gasteiger partial charge in [-0.05, 0) is 30.2 Å². The molecule has 12 heteroatoms. The number of nitrogens with zero attached hydrogens (tertiary/aromatic N) is 6. The minimum atomic E-state index is -0.463. The third-order valence-electron chi connectivity index (χ3n) is 4.18. The summed E-state index contributed by atoms with van der Waals surface area (Å²) in [5.41, 5.74) is 14.2. The van der Waals surface area contributed by atoms with Crippen molar-refractivity contribution < 1.29 is 14.3 Å². The van der Waals surface area contributed by atoms with E-state index in [4.69, 9.17) is 20.9 Å². The first-order valence-electron chi connectivity index (χ1n) is 8.97. The highest BCUT2D eigenvalue weighted by Gasteiger charge is 2.11. The lowest BCUT2D eigenvalue weighted by atomic mass is 10.1. The second kappa shape index (κ2) is 8.03. The summed E-state index contributed by atoms with van der Waals surface area (Å²) in [6, 6.07) is 5.68. The molecule has 3 heterocycles. The number of imidazole rings is 1. The van der Waals surface area contributed by atoms with Gasteiger partial charge < -0.3 is 25.9 Å². The lowest BCUT2D eigenvalue weighted by Gasteiger charge is -2.11. The number of nitrogens with two attached hydrogens (primary N) is 2. The Morgan fingerprint density at radius 3 is 2.93 bits per heavy atom. The molecular weight excluding hydrogens is 390 g/mol. The van der Waals surface area contributed by atoms with Crippen molar-refractivity contribution in [3.63, 3.8) is 0 Å². The van der Waals surface area contributed by atoms with Crippen LogP contribution in [0, 0.1) is 6.92 Å². The predicted octanol–water partition coefficient (Wildman–Crippen LogP) is 0.478. The molecule has 0 saturated heterocycles. The van der Waals surface area contributed by atoms with Crippen LogP contribution in [-0.4, -0.2) is 40.8 Å². The van der Waals surface area contributed by atoms with Crippen LogP contribution < -0.4 is 20.9 Å². The van der Waals surface area contributed by atoms with E-state index in [9.17, 15) is 4.79 Å². The van der Waals surface area contributed by atoms with Crippen molar-refractivity contribution in [2.45, 2.75) is 26.7 Å². The molecule has 0 saturated carbocycles. The molecule has 1 amide bonds. The first kappa shape index (κ1) is 19.1. The lowest BCUT2D eigenvalue weighted by Crippen LogP contribution is -2.13. The Bertz CT molecular complexity index is 1200. The normalized spacial score (nSPS) is 11.0. The van der Waals surface area contributed by atoms with Crippen LogP contribution in [0.4, 0.5) is 5.95 Å². The summed E-state index contributed by atoms with van der Waals surface area (Å²) in [6.07, 6.45) is 3.16. The van der Waals surface area contributed by atoms with Gasteiger partial charge in [0, 0.05) is 0 Å². The van der Waals surface area contributed by atoms with Gasteiger partial charge in [0.1, 0.15) is 17.9 Å². The number of nitrogens with one attached hydrogen (secondary N) is 1. The summed E-state index contributed by atoms with van der Waals surface area (Å²) in [4.78, 5) is 26.1. The summed E-state index contributed by atoms with van der Waals surface area (Å²) in [5.74, 6) is 0.657. The quantitative estimate of drug-likeness (QED) is 0.374. The van der Waals surface area contributed by atoms with E-state index in [2.05, 4.69) is 30.2 Å². The maximum absolute atomic E-state index is 10.9. The van der Waals surface area contributed by atoms with Crippen LogP contribution in [0.3, 0.4) is 0 Å². The third kappa shape index (κ3) is 4.27. The van der Waals surface area contributed by atoms with E-state index in [-0.39, 0.29) is 25.7 Å². The molecule has 0 spiro atoms. The van der Waals surface area contributed by atoms with Gasteiger partial charge in [-0.15, -0.1) is 5.10 Å². The van der Waals surface area contributed by atoms with E-state index in [0.717, 1.165) is 11.1 Å². The molecule has 0 fully saturated rings. The van der Waals surface area contributed by atoms with Gasteiger partial charge in [0.15, 0.2) is 12.4 Å². The van der Waals surface area contributed by atoms with Crippen LogP contribution in [0.25, 0.3) is 11.2 Å². The Hall–Kier alpha value is -4.22. The Kier molecular flexibility index (Phi) is 5.11. The maximum Gasteiger partial charge on any atom is 0.245 e. The van der Waals surface area contributed by atoms with E-state index in [1.165, 1.54) is 11.0 Å². The number of aryl methyl sites for hydroxylation is 1. The van der Waals surface area contributed by atoms with Crippen LogP contribution in [0.5, 0.6) is 11.6 Å². The molecule has 12 nitrogen and oxygen atoms in total. The lowest BCUT2D eigenvalue weighted by molar-refractivity contribution is -0.117. The standard InChI is InChI=1S/C18H19N9O3/c1-10-4-11(7-29-17-15-16(22-8-21-15)23-18(20)24-17)2-3-13(10)30-9-27-6-12(25-26-27)5-14(19)28/h2-4,6,8H,5,7,9H2,1H3,(H2,19,28)(H3,20,21,22,23,24). The molecule has 0 atom stereocenters. The molecule has 4 aromatic rings. The SMILES string of the molecule is Cc1cc(COc2nc(N)nc3nc[nH]c23)ccc1OCn1cc(CC(N)=O)nn1. The van der Waals surface area contributed by atoms with Crippen LogP contribution >= 0.6 is 0 Å². The van der Waals surface area contributed by atoms with Crippen molar-refractivity contribution in [2.75, 3.05) is 5.73 Å². The van der Waals surface area contributed by atoms with E-state index in [0.29, 0.717) is 28.5 Å². The number of hydrogen-bond acceptors (Lipinski definition) is 9. The number of aromatic nitrogens is 7. The number of aromatic amines is 1. The largest absolute Gasteiger partial charge is 0.471 e. The number of hydrogen-bond donors (Lipinski definition) is 3. The summed E-state index contributed by atoms with van der Waals surface area (Å²) in [6.45, 7) is 2.36. The zero-order valence-electron chi connectivity index (χ0n) is 16.1. The van der Waals surface area contributed by atoms with Crippen molar-refractivity contribution in [3.8, 4) is 11.6 Å². The molecule has 3 aromatic heterocycles. The zero-order valence-corrected chi connectivity index (χ0v) is 16.1. The van der Waals surface area contributed by atoms with Gasteiger partial charge in [0.2, 0.25) is 17.7 Å². The van der Waals surface area contributed by atoms with E-state index < -0.39 is 5.91 Å². The molecule has 0 aliphatic carbocycles.